The summed E-state index contributed by atoms with van der Waals surface area (Å²) in [6, 6.07) is 9.92. The maximum Gasteiger partial charge on any atom is 0.387 e. The van der Waals surface area contributed by atoms with Gasteiger partial charge in [0.15, 0.2) is 11.8 Å². The summed E-state index contributed by atoms with van der Waals surface area (Å²) in [6.45, 7) is 1.02. The first-order chi connectivity index (χ1) is 17.4. The first-order valence-corrected chi connectivity index (χ1v) is 13.5. The number of para-hydroxylation sites is 1. The minimum absolute atomic E-state index is 0.0206. The number of nitrogens with two attached hydrogens (primary N) is 1. The van der Waals surface area contributed by atoms with Crippen LogP contribution in [0.5, 0.6) is 5.75 Å². The maximum atomic E-state index is 13.3. The van der Waals surface area contributed by atoms with E-state index in [1.807, 2.05) is 38.2 Å². The van der Waals surface area contributed by atoms with Crippen molar-refractivity contribution in [1.82, 2.24) is 14.5 Å². The van der Waals surface area contributed by atoms with Gasteiger partial charge in [-0.25, -0.2) is 27.2 Å². The van der Waals surface area contributed by atoms with Gasteiger partial charge in [-0.3, -0.25) is 4.99 Å². The van der Waals surface area contributed by atoms with E-state index in [-0.39, 0.29) is 16.3 Å². The van der Waals surface area contributed by atoms with Crippen LogP contribution in [0.1, 0.15) is 19.7 Å². The van der Waals surface area contributed by atoms with E-state index in [1.54, 1.807) is 18.5 Å². The van der Waals surface area contributed by atoms with E-state index in [9.17, 15) is 17.2 Å². The second-order valence-corrected chi connectivity index (χ2v) is 12.1. The highest BCUT2D eigenvalue weighted by atomic mass is 32.2. The number of alkyl halides is 2. The fourth-order valence-electron chi connectivity index (χ4n) is 5.56. The molecule has 1 fully saturated rings. The number of ether oxygens (including phenoxy) is 1. The van der Waals surface area contributed by atoms with E-state index in [4.69, 9.17) is 15.5 Å². The molecular formula is C25H25F2N6O3S+. The average Bonchev–Trinajstić information content (AvgIpc) is 2.91. The third-order valence-electron chi connectivity index (χ3n) is 7.01. The predicted octanol–water partition coefficient (Wildman–Crippen LogP) is 1.81. The van der Waals surface area contributed by atoms with Crippen LogP contribution in [-0.2, 0) is 15.6 Å². The van der Waals surface area contributed by atoms with Crippen molar-refractivity contribution in [3.8, 4) is 16.9 Å². The third kappa shape index (κ3) is 3.62. The highest BCUT2D eigenvalue weighted by molar-refractivity contribution is 7.92. The molecule has 0 amide bonds. The second kappa shape index (κ2) is 7.76. The summed E-state index contributed by atoms with van der Waals surface area (Å²) in [7, 11) is -3.74. The molecule has 1 aromatic heterocycles. The van der Waals surface area contributed by atoms with Crippen molar-refractivity contribution in [3.05, 3.63) is 65.2 Å². The molecule has 3 aliphatic heterocycles. The van der Waals surface area contributed by atoms with Gasteiger partial charge in [0.05, 0.1) is 22.4 Å². The zero-order chi connectivity index (χ0) is 26.3. The zero-order valence-corrected chi connectivity index (χ0v) is 21.2. The molecule has 1 saturated heterocycles. The lowest BCUT2D eigenvalue weighted by Crippen LogP contribution is -2.74. The van der Waals surface area contributed by atoms with Crippen LogP contribution >= 0.6 is 0 Å². The molecule has 12 heteroatoms. The quantitative estimate of drug-likeness (QED) is 0.507. The van der Waals surface area contributed by atoms with Crippen molar-refractivity contribution in [2.24, 2.45) is 10.7 Å². The average molecular weight is 528 g/mol. The third-order valence-corrected chi connectivity index (χ3v) is 8.14. The number of quaternary nitrogens is 1. The van der Waals surface area contributed by atoms with Crippen LogP contribution < -0.4 is 29.8 Å². The Morgan fingerprint density at radius 2 is 1.89 bits per heavy atom. The lowest BCUT2D eigenvalue weighted by Gasteiger charge is -2.49. The molecule has 3 aliphatic rings. The molecule has 6 rings (SSSR count). The molecular weight excluding hydrogens is 502 g/mol. The minimum Gasteiger partial charge on any atom is -0.428 e. The monoisotopic (exact) mass is 527 g/mol. The predicted molar refractivity (Wildman–Crippen MR) is 135 cm³/mol. The molecule has 0 radical (unpaired) electrons. The number of anilines is 1. The van der Waals surface area contributed by atoms with E-state index in [2.05, 4.69) is 9.97 Å². The molecule has 0 saturated carbocycles. The summed E-state index contributed by atoms with van der Waals surface area (Å²) in [5, 5.41) is 1.44. The first kappa shape index (κ1) is 23.9. The Labute approximate surface area is 212 Å². The molecule has 3 atom stereocenters. The number of benzene rings is 2. The van der Waals surface area contributed by atoms with Gasteiger partial charge in [-0.05, 0) is 43.7 Å². The summed E-state index contributed by atoms with van der Waals surface area (Å²) in [6.07, 6.45) is 5.79. The molecule has 4 heterocycles. The fraction of sp³-hybridized carbons (Fsp3) is 0.320. The molecule has 2 N–H and O–H groups in total. The smallest absolute Gasteiger partial charge is 0.387 e. The Morgan fingerprint density at radius 3 is 2.54 bits per heavy atom. The summed E-state index contributed by atoms with van der Waals surface area (Å²) in [4.78, 5) is 13.7. The molecule has 1 unspecified atom stereocenters. The number of rotatable bonds is 5. The van der Waals surface area contributed by atoms with E-state index in [0.717, 1.165) is 22.6 Å². The van der Waals surface area contributed by atoms with E-state index < -0.39 is 28.3 Å². The van der Waals surface area contributed by atoms with Gasteiger partial charge in [-0.1, -0.05) is 12.1 Å². The lowest BCUT2D eigenvalue weighted by atomic mass is 10.0. The van der Waals surface area contributed by atoms with Gasteiger partial charge in [0.2, 0.25) is 21.9 Å². The summed E-state index contributed by atoms with van der Waals surface area (Å²) in [5.41, 5.74) is 7.74. The Kier molecular flexibility index (Phi) is 5.01. The summed E-state index contributed by atoms with van der Waals surface area (Å²) < 4.78 is 58.7. The number of hydrogen-bond acceptors (Lipinski definition) is 7. The standard InChI is InChI=1S/C25H25F2N6O3S/c1-25(2,28)23-29-10-16(11-30-23)14-7-8-17-15(9-14)12-33-13-18(31-17)22(33)32(37(3,34)35)19-5-4-6-20(21(19)33)36-24(26)27/h4-12,18,22,24H,13,28H2,1-3H3/q+1/t18-,22?,33+/m1/s1. The molecule has 3 aromatic rings. The van der Waals surface area contributed by atoms with E-state index >= 15 is 0 Å². The van der Waals surface area contributed by atoms with Gasteiger partial charge in [-0.15, -0.1) is 0 Å². The van der Waals surface area contributed by atoms with Crippen LogP contribution in [0.15, 0.2) is 53.8 Å². The largest absolute Gasteiger partial charge is 0.428 e. The Balaban J connectivity index is 1.54. The molecule has 37 heavy (non-hydrogen) atoms. The summed E-state index contributed by atoms with van der Waals surface area (Å²) in [5.74, 6) is 0.466. The van der Waals surface area contributed by atoms with Crippen LogP contribution in [0.25, 0.3) is 17.3 Å². The van der Waals surface area contributed by atoms with E-state index in [1.165, 1.54) is 16.4 Å². The number of hydrogen-bond donors (Lipinski definition) is 1. The normalized spacial score (nSPS) is 23.7. The number of fused-ring (bicyclic) bond motifs is 4. The van der Waals surface area contributed by atoms with Gasteiger partial charge in [0.25, 0.3) is 0 Å². The highest BCUT2D eigenvalue weighted by Gasteiger charge is 2.68. The molecule has 1 spiro atoms. The van der Waals surface area contributed by atoms with Crippen molar-refractivity contribution >= 4 is 27.6 Å². The Bertz CT molecular complexity index is 1660. The van der Waals surface area contributed by atoms with Crippen LogP contribution in [0.3, 0.4) is 0 Å². The number of halogens is 2. The van der Waals surface area contributed by atoms with Gasteiger partial charge >= 0.3 is 6.61 Å². The molecule has 2 bridgehead atoms. The van der Waals surface area contributed by atoms with Crippen molar-refractivity contribution < 1.29 is 21.9 Å². The molecule has 0 aliphatic carbocycles. The number of aromatic nitrogens is 2. The van der Waals surface area contributed by atoms with Gasteiger partial charge in [0, 0.05) is 18.0 Å². The van der Waals surface area contributed by atoms with Crippen molar-refractivity contribution in [2.45, 2.75) is 38.2 Å². The SMILES string of the molecule is CC(C)(N)c1ncc(-c2ccc3c(c2)=C[N@@+]24C[C@@H](N=3)C2N(S(C)(=O)=O)c2cccc(OC(F)F)c24)cn1. The molecule has 192 valence electrons. The Morgan fingerprint density at radius 1 is 1.16 bits per heavy atom. The number of nitrogens with zero attached hydrogens (tertiary/aromatic N) is 5. The Hall–Kier alpha value is -3.48. The molecule has 2 aromatic carbocycles. The van der Waals surface area contributed by atoms with Crippen molar-refractivity contribution in [1.29, 1.82) is 0 Å². The van der Waals surface area contributed by atoms with Crippen LogP contribution in [0.2, 0.25) is 0 Å². The number of sulfonamides is 1. The highest BCUT2D eigenvalue weighted by Crippen LogP contribution is 2.58. The fourth-order valence-corrected chi connectivity index (χ4v) is 6.76. The first-order valence-electron chi connectivity index (χ1n) is 11.7. The minimum atomic E-state index is -3.74. The van der Waals surface area contributed by atoms with Crippen molar-refractivity contribution in [3.63, 3.8) is 0 Å². The van der Waals surface area contributed by atoms with Crippen molar-refractivity contribution in [2.75, 3.05) is 17.1 Å². The van der Waals surface area contributed by atoms with Crippen LogP contribution in [-0.4, -0.2) is 50.0 Å². The van der Waals surface area contributed by atoms with Gasteiger partial charge < -0.3 is 10.5 Å². The second-order valence-electron chi connectivity index (χ2n) is 10.2. The molecule has 9 nitrogen and oxygen atoms in total. The van der Waals surface area contributed by atoms with Crippen LogP contribution in [0.4, 0.5) is 20.2 Å². The summed E-state index contributed by atoms with van der Waals surface area (Å²) >= 11 is 0. The van der Waals surface area contributed by atoms with Gasteiger partial charge in [0.1, 0.15) is 24.3 Å². The van der Waals surface area contributed by atoms with E-state index in [0.29, 0.717) is 29.1 Å². The van der Waals surface area contributed by atoms with Gasteiger partial charge in [-0.2, -0.15) is 8.78 Å². The maximum absolute atomic E-state index is 13.3. The van der Waals surface area contributed by atoms with Crippen LogP contribution in [0, 0.1) is 0 Å². The lowest BCUT2D eigenvalue weighted by molar-refractivity contribution is -0.0505. The topological polar surface area (TPSA) is 111 Å². The zero-order valence-electron chi connectivity index (χ0n) is 20.3.